The molecule has 0 amide bonds. The number of halogens is 1. The molecule has 1 aromatic rings. The molecule has 0 spiro atoms. The van der Waals surface area contributed by atoms with Gasteiger partial charge in [-0.2, -0.15) is 0 Å². The molecule has 4 heteroatoms. The van der Waals surface area contributed by atoms with Crippen LogP contribution in [0.3, 0.4) is 0 Å². The molecule has 0 bridgehead atoms. The topological polar surface area (TPSA) is 34.1 Å². The zero-order chi connectivity index (χ0) is 11.4. The van der Waals surface area contributed by atoms with Crippen molar-refractivity contribution in [2.75, 3.05) is 13.2 Å². The van der Waals surface area contributed by atoms with Crippen molar-refractivity contribution in [2.45, 2.75) is 25.8 Å². The third kappa shape index (κ3) is 3.76. The van der Waals surface area contributed by atoms with Crippen LogP contribution in [0.2, 0.25) is 0 Å². The predicted octanol–water partition coefficient (Wildman–Crippen LogP) is 2.61. The first-order valence-corrected chi connectivity index (χ1v) is 6.52. The van der Waals surface area contributed by atoms with E-state index >= 15 is 0 Å². The molecule has 0 saturated heterocycles. The van der Waals surface area contributed by atoms with Crippen molar-refractivity contribution < 1.29 is 4.74 Å². The van der Waals surface area contributed by atoms with Crippen molar-refractivity contribution in [1.29, 1.82) is 0 Å². The predicted molar refractivity (Wildman–Crippen MR) is 67.6 cm³/mol. The summed E-state index contributed by atoms with van der Waals surface area (Å²) in [6.07, 6.45) is 6.24. The van der Waals surface area contributed by atoms with E-state index in [1.165, 1.54) is 12.8 Å². The summed E-state index contributed by atoms with van der Waals surface area (Å²) in [6.45, 7) is 3.83. The fraction of sp³-hybridized carbons (Fsp3) is 0.583. The van der Waals surface area contributed by atoms with Crippen LogP contribution >= 0.6 is 15.9 Å². The zero-order valence-electron chi connectivity index (χ0n) is 9.45. The average Bonchev–Trinajstić information content (AvgIpc) is 3.08. The first-order chi connectivity index (χ1) is 7.75. The third-order valence-corrected chi connectivity index (χ3v) is 3.28. The van der Waals surface area contributed by atoms with Crippen LogP contribution in [0.25, 0.3) is 0 Å². The van der Waals surface area contributed by atoms with Crippen molar-refractivity contribution in [3.63, 3.8) is 0 Å². The van der Waals surface area contributed by atoms with E-state index in [4.69, 9.17) is 4.74 Å². The van der Waals surface area contributed by atoms with E-state index in [0.29, 0.717) is 12.6 Å². The van der Waals surface area contributed by atoms with Gasteiger partial charge >= 0.3 is 0 Å². The van der Waals surface area contributed by atoms with Crippen molar-refractivity contribution >= 4 is 15.9 Å². The maximum atomic E-state index is 5.58. The second kappa shape index (κ2) is 5.64. The maximum absolute atomic E-state index is 5.58. The second-order valence-electron chi connectivity index (χ2n) is 4.27. The van der Waals surface area contributed by atoms with Gasteiger partial charge in [-0.3, -0.25) is 4.98 Å². The quantitative estimate of drug-likeness (QED) is 0.816. The molecule has 1 saturated carbocycles. The molecule has 2 rings (SSSR count). The SMILES string of the molecule is CC(NCCOc1cncc(Br)c1)C1CC1. The van der Waals surface area contributed by atoms with Gasteiger partial charge in [-0.1, -0.05) is 0 Å². The van der Waals surface area contributed by atoms with Crippen molar-refractivity contribution in [3.05, 3.63) is 22.9 Å². The Hall–Kier alpha value is -0.610. The standard InChI is InChI=1S/C12H17BrN2O/c1-9(10-2-3-10)15-4-5-16-12-6-11(13)7-14-8-12/h6-10,15H,2-5H2,1H3. The maximum Gasteiger partial charge on any atom is 0.138 e. The summed E-state index contributed by atoms with van der Waals surface area (Å²) in [7, 11) is 0. The van der Waals surface area contributed by atoms with E-state index in [-0.39, 0.29) is 0 Å². The minimum Gasteiger partial charge on any atom is -0.491 e. The van der Waals surface area contributed by atoms with E-state index in [9.17, 15) is 0 Å². The largest absolute Gasteiger partial charge is 0.491 e. The molecule has 1 aliphatic carbocycles. The Labute approximate surface area is 105 Å². The molecule has 1 heterocycles. The molecule has 0 radical (unpaired) electrons. The molecule has 1 aliphatic rings. The van der Waals surface area contributed by atoms with Crippen LogP contribution in [0, 0.1) is 5.92 Å². The van der Waals surface area contributed by atoms with Gasteiger partial charge in [-0.15, -0.1) is 0 Å². The molecule has 0 aliphatic heterocycles. The monoisotopic (exact) mass is 284 g/mol. The number of nitrogens with one attached hydrogen (secondary N) is 1. The average molecular weight is 285 g/mol. The number of hydrogen-bond donors (Lipinski definition) is 1. The minimum atomic E-state index is 0.629. The van der Waals surface area contributed by atoms with E-state index in [1.54, 1.807) is 12.4 Å². The van der Waals surface area contributed by atoms with Gasteiger partial charge in [0.25, 0.3) is 0 Å². The number of hydrogen-bond acceptors (Lipinski definition) is 3. The Bertz CT molecular complexity index is 342. The highest BCUT2D eigenvalue weighted by atomic mass is 79.9. The lowest BCUT2D eigenvalue weighted by Crippen LogP contribution is -2.31. The highest BCUT2D eigenvalue weighted by molar-refractivity contribution is 9.10. The lowest BCUT2D eigenvalue weighted by Gasteiger charge is -2.13. The normalized spacial score (nSPS) is 17.1. The van der Waals surface area contributed by atoms with Crippen LogP contribution in [0.5, 0.6) is 5.75 Å². The molecule has 1 fully saturated rings. The molecule has 3 nitrogen and oxygen atoms in total. The summed E-state index contributed by atoms with van der Waals surface area (Å²) in [4.78, 5) is 4.04. The highest BCUT2D eigenvalue weighted by Crippen LogP contribution is 2.32. The number of pyridine rings is 1. The molecule has 1 aromatic heterocycles. The lowest BCUT2D eigenvalue weighted by molar-refractivity contribution is 0.302. The fourth-order valence-corrected chi connectivity index (χ4v) is 2.03. The summed E-state index contributed by atoms with van der Waals surface area (Å²) in [5.41, 5.74) is 0. The van der Waals surface area contributed by atoms with Gasteiger partial charge in [0.05, 0.1) is 6.20 Å². The van der Waals surface area contributed by atoms with E-state index in [2.05, 4.69) is 33.2 Å². The van der Waals surface area contributed by atoms with Gasteiger partial charge in [-0.25, -0.2) is 0 Å². The Morgan fingerprint density at radius 2 is 2.38 bits per heavy atom. The van der Waals surface area contributed by atoms with Gasteiger partial charge in [0.2, 0.25) is 0 Å². The van der Waals surface area contributed by atoms with Crippen LogP contribution < -0.4 is 10.1 Å². The minimum absolute atomic E-state index is 0.629. The molecule has 16 heavy (non-hydrogen) atoms. The summed E-state index contributed by atoms with van der Waals surface area (Å²) in [5.74, 6) is 1.71. The van der Waals surface area contributed by atoms with Crippen LogP contribution in [-0.2, 0) is 0 Å². The molecule has 1 N–H and O–H groups in total. The van der Waals surface area contributed by atoms with E-state index in [1.807, 2.05) is 6.07 Å². The third-order valence-electron chi connectivity index (χ3n) is 2.85. The van der Waals surface area contributed by atoms with Crippen LogP contribution in [-0.4, -0.2) is 24.2 Å². The van der Waals surface area contributed by atoms with Gasteiger partial charge < -0.3 is 10.1 Å². The number of nitrogens with zero attached hydrogens (tertiary/aromatic N) is 1. The highest BCUT2D eigenvalue weighted by Gasteiger charge is 2.27. The van der Waals surface area contributed by atoms with Gasteiger partial charge in [0.1, 0.15) is 12.4 Å². The zero-order valence-corrected chi connectivity index (χ0v) is 11.0. The summed E-state index contributed by atoms with van der Waals surface area (Å²) in [5, 5.41) is 3.47. The summed E-state index contributed by atoms with van der Waals surface area (Å²) < 4.78 is 6.53. The Kier molecular flexibility index (Phi) is 4.18. The Morgan fingerprint density at radius 1 is 1.56 bits per heavy atom. The molecule has 1 atom stereocenters. The lowest BCUT2D eigenvalue weighted by atomic mass is 10.2. The smallest absolute Gasteiger partial charge is 0.138 e. The first-order valence-electron chi connectivity index (χ1n) is 5.72. The van der Waals surface area contributed by atoms with Crippen molar-refractivity contribution in [3.8, 4) is 5.75 Å². The molecule has 0 aromatic carbocycles. The number of aromatic nitrogens is 1. The van der Waals surface area contributed by atoms with Crippen molar-refractivity contribution in [2.24, 2.45) is 5.92 Å². The fourth-order valence-electron chi connectivity index (χ4n) is 1.69. The van der Waals surface area contributed by atoms with Gasteiger partial charge in [-0.05, 0) is 47.7 Å². The first kappa shape index (κ1) is 11.9. The molecular formula is C12H17BrN2O. The Morgan fingerprint density at radius 3 is 3.06 bits per heavy atom. The number of rotatable bonds is 6. The van der Waals surface area contributed by atoms with Crippen molar-refractivity contribution in [1.82, 2.24) is 10.3 Å². The van der Waals surface area contributed by atoms with Gasteiger partial charge in [0.15, 0.2) is 0 Å². The van der Waals surface area contributed by atoms with Crippen LogP contribution in [0.1, 0.15) is 19.8 Å². The van der Waals surface area contributed by atoms with Crippen LogP contribution in [0.15, 0.2) is 22.9 Å². The Balaban J connectivity index is 1.63. The summed E-state index contributed by atoms with van der Waals surface area (Å²) >= 11 is 3.36. The van der Waals surface area contributed by atoms with Crippen LogP contribution in [0.4, 0.5) is 0 Å². The van der Waals surface area contributed by atoms with E-state index < -0.39 is 0 Å². The molecular weight excluding hydrogens is 268 g/mol. The second-order valence-corrected chi connectivity index (χ2v) is 5.18. The molecule has 1 unspecified atom stereocenters. The van der Waals surface area contributed by atoms with E-state index in [0.717, 1.165) is 22.7 Å². The van der Waals surface area contributed by atoms with Gasteiger partial charge in [0, 0.05) is 23.3 Å². The summed E-state index contributed by atoms with van der Waals surface area (Å²) in [6, 6.07) is 2.56. The number of ether oxygens (including phenoxy) is 1. The molecule has 88 valence electrons.